The molecule has 0 bridgehead atoms. The van der Waals surface area contributed by atoms with E-state index in [0.29, 0.717) is 39.3 Å². The van der Waals surface area contributed by atoms with Crippen LogP contribution in [0.5, 0.6) is 11.5 Å². The predicted molar refractivity (Wildman–Crippen MR) is 147 cm³/mol. The molecule has 0 aromatic heterocycles. The molecule has 2 aromatic carbocycles. The van der Waals surface area contributed by atoms with Crippen LogP contribution in [0.2, 0.25) is 0 Å². The number of rotatable bonds is 10. The molecule has 1 atom stereocenters. The second-order valence-corrected chi connectivity index (χ2v) is 9.56. The van der Waals surface area contributed by atoms with Gasteiger partial charge in [-0.15, -0.1) is 0 Å². The van der Waals surface area contributed by atoms with E-state index in [2.05, 4.69) is 59.7 Å². The molecule has 11 heteroatoms. The highest BCUT2D eigenvalue weighted by atomic mass is 127. The first-order valence-electron chi connectivity index (χ1n) is 10.9. The van der Waals surface area contributed by atoms with Gasteiger partial charge in [-0.05, 0) is 91.2 Å². The number of carbonyl (C=O) groups is 3. The SMILES string of the molecule is CCOc1cc(/C=N\NC(=O)C(=O)N[C@@H](C)CC)cc(I)c1OCC(=O)Nc1ccc(Br)c(C)c1. The van der Waals surface area contributed by atoms with E-state index in [1.165, 1.54) is 6.21 Å². The minimum atomic E-state index is -0.854. The Morgan fingerprint density at radius 3 is 2.54 bits per heavy atom. The zero-order chi connectivity index (χ0) is 26.0. The molecule has 2 rings (SSSR count). The molecule has 35 heavy (non-hydrogen) atoms. The zero-order valence-electron chi connectivity index (χ0n) is 19.9. The number of carbonyl (C=O) groups excluding carboxylic acids is 3. The lowest BCUT2D eigenvalue weighted by molar-refractivity contribution is -0.139. The van der Waals surface area contributed by atoms with E-state index in [0.717, 1.165) is 10.0 Å². The van der Waals surface area contributed by atoms with Gasteiger partial charge >= 0.3 is 11.8 Å². The third kappa shape index (κ3) is 9.13. The normalized spacial score (nSPS) is 11.6. The van der Waals surface area contributed by atoms with E-state index < -0.39 is 11.8 Å². The van der Waals surface area contributed by atoms with Crippen molar-refractivity contribution in [3.8, 4) is 11.5 Å². The summed E-state index contributed by atoms with van der Waals surface area (Å²) in [6.07, 6.45) is 2.10. The average Bonchev–Trinajstić information content (AvgIpc) is 2.80. The monoisotopic (exact) mass is 658 g/mol. The van der Waals surface area contributed by atoms with Crippen LogP contribution in [0.1, 0.15) is 38.3 Å². The Morgan fingerprint density at radius 1 is 1.14 bits per heavy atom. The maximum atomic E-state index is 12.4. The van der Waals surface area contributed by atoms with Gasteiger partial charge in [-0.1, -0.05) is 22.9 Å². The highest BCUT2D eigenvalue weighted by Crippen LogP contribution is 2.34. The van der Waals surface area contributed by atoms with Crippen molar-refractivity contribution in [1.29, 1.82) is 0 Å². The molecule has 0 radical (unpaired) electrons. The lowest BCUT2D eigenvalue weighted by Gasteiger charge is -2.15. The molecule has 0 spiro atoms. The second-order valence-electron chi connectivity index (χ2n) is 7.55. The summed E-state index contributed by atoms with van der Waals surface area (Å²) in [6.45, 7) is 7.65. The summed E-state index contributed by atoms with van der Waals surface area (Å²) in [5.74, 6) is -1.07. The first kappa shape index (κ1) is 28.6. The van der Waals surface area contributed by atoms with E-state index in [-0.39, 0.29) is 18.6 Å². The standard InChI is InChI=1S/C24H28BrIN4O5/c1-5-15(4)28-23(32)24(33)30-27-12-16-10-19(26)22(20(11-16)34-6-2)35-13-21(31)29-17-7-8-18(25)14(3)9-17/h7-12,15H,5-6,13H2,1-4H3,(H,28,32)(H,29,31)(H,30,33)/b27-12-/t15-/m0/s1. The van der Waals surface area contributed by atoms with Crippen LogP contribution >= 0.6 is 38.5 Å². The van der Waals surface area contributed by atoms with Gasteiger partial charge in [0, 0.05) is 16.2 Å². The first-order chi connectivity index (χ1) is 16.6. The van der Waals surface area contributed by atoms with E-state index in [1.807, 2.05) is 32.9 Å². The van der Waals surface area contributed by atoms with Crippen molar-refractivity contribution in [2.24, 2.45) is 5.10 Å². The maximum absolute atomic E-state index is 12.4. The molecular weight excluding hydrogens is 631 g/mol. The highest BCUT2D eigenvalue weighted by molar-refractivity contribution is 14.1. The molecule has 9 nitrogen and oxygen atoms in total. The van der Waals surface area contributed by atoms with E-state index >= 15 is 0 Å². The number of benzene rings is 2. The number of nitrogens with one attached hydrogen (secondary N) is 3. The Labute approximate surface area is 226 Å². The van der Waals surface area contributed by atoms with E-state index in [4.69, 9.17) is 9.47 Å². The Balaban J connectivity index is 2.04. The van der Waals surface area contributed by atoms with Crippen LogP contribution in [0.4, 0.5) is 5.69 Å². The van der Waals surface area contributed by atoms with Gasteiger partial charge in [0.1, 0.15) is 0 Å². The molecule has 2 aromatic rings. The van der Waals surface area contributed by atoms with Crippen molar-refractivity contribution >= 4 is 68.1 Å². The van der Waals surface area contributed by atoms with Crippen LogP contribution in [0, 0.1) is 10.5 Å². The van der Waals surface area contributed by atoms with Crippen molar-refractivity contribution < 1.29 is 23.9 Å². The highest BCUT2D eigenvalue weighted by Gasteiger charge is 2.16. The van der Waals surface area contributed by atoms with Gasteiger partial charge in [-0.25, -0.2) is 5.43 Å². The number of halogens is 2. The number of hydrazone groups is 1. The van der Waals surface area contributed by atoms with Crippen molar-refractivity contribution in [1.82, 2.24) is 10.7 Å². The summed E-state index contributed by atoms with van der Waals surface area (Å²) in [5, 5.41) is 9.22. The molecule has 3 amide bonds. The van der Waals surface area contributed by atoms with Crippen LogP contribution in [-0.2, 0) is 14.4 Å². The smallest absolute Gasteiger partial charge is 0.329 e. The number of hydrogen-bond donors (Lipinski definition) is 3. The molecule has 0 fully saturated rings. The van der Waals surface area contributed by atoms with Gasteiger partial charge < -0.3 is 20.1 Å². The molecule has 0 aliphatic heterocycles. The summed E-state index contributed by atoms with van der Waals surface area (Å²) in [7, 11) is 0. The Bertz CT molecular complexity index is 1110. The lowest BCUT2D eigenvalue weighted by Crippen LogP contribution is -2.41. The average molecular weight is 659 g/mol. The number of hydrogen-bond acceptors (Lipinski definition) is 6. The molecule has 0 aliphatic carbocycles. The minimum absolute atomic E-state index is 0.110. The van der Waals surface area contributed by atoms with E-state index in [1.54, 1.807) is 25.1 Å². The van der Waals surface area contributed by atoms with Gasteiger partial charge in [0.2, 0.25) is 0 Å². The fourth-order valence-electron chi connectivity index (χ4n) is 2.73. The van der Waals surface area contributed by atoms with Crippen molar-refractivity contribution in [3.05, 3.63) is 49.5 Å². The van der Waals surface area contributed by atoms with Gasteiger partial charge in [-0.3, -0.25) is 14.4 Å². The van der Waals surface area contributed by atoms with Crippen LogP contribution in [0.15, 0.2) is 39.9 Å². The summed E-state index contributed by atoms with van der Waals surface area (Å²) < 4.78 is 13.1. The molecule has 3 N–H and O–H groups in total. The summed E-state index contributed by atoms with van der Waals surface area (Å²) in [5.41, 5.74) is 4.49. The summed E-state index contributed by atoms with van der Waals surface area (Å²) >= 11 is 5.50. The first-order valence-corrected chi connectivity index (χ1v) is 12.8. The number of nitrogens with zero attached hydrogens (tertiary/aromatic N) is 1. The number of amides is 3. The molecule has 0 heterocycles. The van der Waals surface area contributed by atoms with E-state index in [9.17, 15) is 14.4 Å². The topological polar surface area (TPSA) is 118 Å². The summed E-state index contributed by atoms with van der Waals surface area (Å²) in [6, 6.07) is 8.84. The number of anilines is 1. The molecular formula is C24H28BrIN4O5. The van der Waals surface area contributed by atoms with Gasteiger partial charge in [0.25, 0.3) is 5.91 Å². The van der Waals surface area contributed by atoms with Crippen LogP contribution < -0.4 is 25.5 Å². The largest absolute Gasteiger partial charge is 0.490 e. The Morgan fingerprint density at radius 2 is 1.89 bits per heavy atom. The van der Waals surface area contributed by atoms with Crippen LogP contribution in [-0.4, -0.2) is 43.2 Å². The number of ether oxygens (including phenoxy) is 2. The maximum Gasteiger partial charge on any atom is 0.329 e. The predicted octanol–water partition coefficient (Wildman–Crippen LogP) is 4.14. The molecule has 0 saturated carbocycles. The fourth-order valence-corrected chi connectivity index (χ4v) is 3.76. The molecule has 0 aliphatic rings. The van der Waals surface area contributed by atoms with Crippen LogP contribution in [0.3, 0.4) is 0 Å². The number of aryl methyl sites for hydroxylation is 1. The summed E-state index contributed by atoms with van der Waals surface area (Å²) in [4.78, 5) is 36.1. The fraction of sp³-hybridized carbons (Fsp3) is 0.333. The van der Waals surface area contributed by atoms with Crippen molar-refractivity contribution in [3.63, 3.8) is 0 Å². The van der Waals surface area contributed by atoms with Crippen molar-refractivity contribution in [2.45, 2.75) is 40.2 Å². The zero-order valence-corrected chi connectivity index (χ0v) is 23.7. The molecule has 0 saturated heterocycles. The second kappa shape index (κ2) is 14.0. The minimum Gasteiger partial charge on any atom is -0.490 e. The molecule has 0 unspecified atom stereocenters. The quantitative estimate of drug-likeness (QED) is 0.154. The van der Waals surface area contributed by atoms with Gasteiger partial charge in [0.15, 0.2) is 18.1 Å². The lowest BCUT2D eigenvalue weighted by atomic mass is 10.2. The van der Waals surface area contributed by atoms with Crippen molar-refractivity contribution in [2.75, 3.05) is 18.5 Å². The Kier molecular flexibility index (Phi) is 11.4. The third-order valence-corrected chi connectivity index (χ3v) is 6.39. The Hall–Kier alpha value is -2.67. The van der Waals surface area contributed by atoms with Gasteiger partial charge in [0.05, 0.1) is 16.4 Å². The third-order valence-electron chi connectivity index (χ3n) is 4.70. The molecule has 188 valence electrons. The van der Waals surface area contributed by atoms with Crippen LogP contribution in [0.25, 0.3) is 0 Å². The van der Waals surface area contributed by atoms with Gasteiger partial charge in [-0.2, -0.15) is 5.10 Å².